The Balaban J connectivity index is 0.000001000. The number of aryl methyl sites for hydroxylation is 1. The van der Waals surface area contributed by atoms with Crippen LogP contribution in [0.2, 0.25) is 0 Å². The van der Waals surface area contributed by atoms with Gasteiger partial charge in [-0.3, -0.25) is 0 Å². The van der Waals surface area contributed by atoms with Crippen molar-refractivity contribution in [3.63, 3.8) is 0 Å². The minimum atomic E-state index is 0. The zero-order valence-electron chi connectivity index (χ0n) is 7.33. The third kappa shape index (κ3) is 2.76. The molecule has 0 N–H and O–H groups in total. The quantitative estimate of drug-likeness (QED) is 0.409. The molecular weight excluding hydrogens is 163 g/mol. The summed E-state index contributed by atoms with van der Waals surface area (Å²) in [7, 11) is 3.73. The summed E-state index contributed by atoms with van der Waals surface area (Å²) in [5, 5.41) is 6.01. The van der Waals surface area contributed by atoms with E-state index in [4.69, 9.17) is 0 Å². The fraction of sp³-hybridized carbons (Fsp3) is 0.250. The Hall–Kier alpha value is 0.456. The van der Waals surface area contributed by atoms with Gasteiger partial charge in [-0.1, -0.05) is 6.58 Å². The van der Waals surface area contributed by atoms with Crippen molar-refractivity contribution < 1.29 is 51.4 Å². The zero-order chi connectivity index (χ0) is 7.56. The number of rotatable bonds is 1. The first-order valence-electron chi connectivity index (χ1n) is 3.15. The molecule has 0 radical (unpaired) electrons. The van der Waals surface area contributed by atoms with Crippen LogP contribution in [0.5, 0.6) is 0 Å². The molecule has 0 atom stereocenters. The molecule has 0 aliphatic rings. The van der Waals surface area contributed by atoms with E-state index in [2.05, 4.69) is 11.9 Å². The van der Waals surface area contributed by atoms with Gasteiger partial charge in [0, 0.05) is 18.6 Å². The predicted molar refractivity (Wildman–Crippen MR) is 43.9 cm³/mol. The van der Waals surface area contributed by atoms with E-state index in [0.29, 0.717) is 0 Å². The van der Waals surface area contributed by atoms with Crippen LogP contribution in [0.1, 0.15) is 0 Å². The van der Waals surface area contributed by atoms with E-state index in [9.17, 15) is 0 Å². The van der Waals surface area contributed by atoms with Gasteiger partial charge in [0.05, 0.1) is 0 Å². The smallest absolute Gasteiger partial charge is 0.691 e. The van der Waals surface area contributed by atoms with Crippen molar-refractivity contribution in [2.24, 2.45) is 7.05 Å². The molecule has 0 aromatic carbocycles. The molecule has 54 valence electrons. The van der Waals surface area contributed by atoms with Gasteiger partial charge in [-0.25, -0.2) is 0 Å². The summed E-state index contributed by atoms with van der Waals surface area (Å²) in [6.07, 6.45) is 3.78. The Bertz CT molecular complexity index is 313. The molecular formula is C8H11KN2. The average Bonchev–Trinajstić information content (AvgIpc) is 2.20. The average molecular weight is 174 g/mol. The van der Waals surface area contributed by atoms with Crippen LogP contribution in [0.15, 0.2) is 12.3 Å². The zero-order valence-corrected chi connectivity index (χ0v) is 10.5. The maximum atomic E-state index is 3.91. The van der Waals surface area contributed by atoms with Crippen LogP contribution in [0.25, 0.3) is 18.1 Å². The first kappa shape index (κ1) is 11.5. The number of nitrogens with zero attached hydrogens (tertiary/aromatic N) is 2. The Morgan fingerprint density at radius 3 is 2.64 bits per heavy atom. The molecule has 0 bridgehead atoms. The topological polar surface area (TPSA) is 19.0 Å². The van der Waals surface area contributed by atoms with Gasteiger partial charge in [-0.05, 0) is 11.3 Å². The molecule has 1 aromatic rings. The number of hydrogen-bond acceptors (Lipinski definition) is 0. The maximum Gasteiger partial charge on any atom is 1.00 e. The van der Waals surface area contributed by atoms with Crippen LogP contribution in [-0.2, 0) is 7.05 Å². The van der Waals surface area contributed by atoms with Crippen molar-refractivity contribution in [2.45, 2.75) is 0 Å². The largest absolute Gasteiger partial charge is 1.00 e. The third-order valence-corrected chi connectivity index (χ3v) is 1.46. The minimum Gasteiger partial charge on any atom is -0.691 e. The fourth-order valence-electron chi connectivity index (χ4n) is 0.890. The molecule has 0 saturated carbocycles. The van der Waals surface area contributed by atoms with Gasteiger partial charge >= 0.3 is 51.4 Å². The molecule has 0 spiro atoms. The van der Waals surface area contributed by atoms with Crippen LogP contribution in [0.3, 0.4) is 0 Å². The van der Waals surface area contributed by atoms with Crippen LogP contribution in [-0.4, -0.2) is 11.6 Å². The summed E-state index contributed by atoms with van der Waals surface area (Å²) >= 11 is 0. The summed E-state index contributed by atoms with van der Waals surface area (Å²) in [6.45, 7) is 3.85. The van der Waals surface area contributed by atoms with Gasteiger partial charge in [-0.2, -0.15) is 6.20 Å². The standard InChI is InChI=1S/C8H11N2.K/c1-7-4-5-10(3)8(7)6-9-2;/h4-6H,1H2,2-3H3;/q-1;+1/b8-6+;. The Labute approximate surface area is 109 Å². The molecule has 1 aromatic heterocycles. The first-order chi connectivity index (χ1) is 4.75. The summed E-state index contributed by atoms with van der Waals surface area (Å²) in [4.78, 5) is 0. The third-order valence-electron chi connectivity index (χ3n) is 1.46. The Kier molecular flexibility index (Phi) is 5.38. The van der Waals surface area contributed by atoms with E-state index in [1.807, 2.05) is 30.1 Å². The molecule has 3 heteroatoms. The second kappa shape index (κ2) is 5.16. The van der Waals surface area contributed by atoms with E-state index in [1.54, 1.807) is 7.05 Å². The summed E-state index contributed by atoms with van der Waals surface area (Å²) in [5.74, 6) is 0. The van der Waals surface area contributed by atoms with Crippen molar-refractivity contribution >= 4 is 12.8 Å². The van der Waals surface area contributed by atoms with Gasteiger partial charge < -0.3 is 9.88 Å². The van der Waals surface area contributed by atoms with Gasteiger partial charge in [0.1, 0.15) is 0 Å². The van der Waals surface area contributed by atoms with Gasteiger partial charge in [-0.15, -0.1) is 7.05 Å². The Morgan fingerprint density at radius 2 is 2.27 bits per heavy atom. The van der Waals surface area contributed by atoms with Crippen molar-refractivity contribution in [3.05, 3.63) is 28.1 Å². The molecule has 0 unspecified atom stereocenters. The monoisotopic (exact) mass is 174 g/mol. The van der Waals surface area contributed by atoms with Crippen molar-refractivity contribution in [3.8, 4) is 0 Å². The fourth-order valence-corrected chi connectivity index (χ4v) is 0.890. The molecule has 0 aliphatic carbocycles. The summed E-state index contributed by atoms with van der Waals surface area (Å²) in [5.41, 5.74) is 0. The van der Waals surface area contributed by atoms with Crippen LogP contribution in [0.4, 0.5) is 0 Å². The van der Waals surface area contributed by atoms with E-state index in [-0.39, 0.29) is 51.4 Å². The van der Waals surface area contributed by atoms with Crippen LogP contribution < -0.4 is 62.0 Å². The van der Waals surface area contributed by atoms with Crippen molar-refractivity contribution in [2.75, 3.05) is 7.05 Å². The van der Waals surface area contributed by atoms with Gasteiger partial charge in [0.2, 0.25) is 0 Å². The number of hydrogen-bond donors (Lipinski definition) is 0. The van der Waals surface area contributed by atoms with E-state index in [1.165, 1.54) is 0 Å². The summed E-state index contributed by atoms with van der Waals surface area (Å²) in [6, 6.07) is 1.97. The van der Waals surface area contributed by atoms with Crippen molar-refractivity contribution in [1.82, 2.24) is 4.57 Å². The molecule has 0 fully saturated rings. The molecule has 0 saturated heterocycles. The summed E-state index contributed by atoms with van der Waals surface area (Å²) < 4.78 is 2.00. The normalized spacial score (nSPS) is 10.9. The molecule has 1 rings (SSSR count). The van der Waals surface area contributed by atoms with Crippen LogP contribution >= 0.6 is 0 Å². The van der Waals surface area contributed by atoms with E-state index in [0.717, 1.165) is 10.6 Å². The molecule has 1 heterocycles. The predicted octanol–water partition coefficient (Wildman–Crippen LogP) is -2.82. The second-order valence-corrected chi connectivity index (χ2v) is 2.22. The van der Waals surface area contributed by atoms with E-state index < -0.39 is 0 Å². The maximum absolute atomic E-state index is 3.91. The van der Waals surface area contributed by atoms with E-state index >= 15 is 0 Å². The molecule has 2 nitrogen and oxygen atoms in total. The molecule has 0 aliphatic heterocycles. The SMILES string of the molecule is C=c1ccn(C)/c1=C/[N-]C.[K+]. The van der Waals surface area contributed by atoms with Crippen molar-refractivity contribution in [1.29, 1.82) is 0 Å². The number of aromatic nitrogens is 1. The Morgan fingerprint density at radius 1 is 1.64 bits per heavy atom. The van der Waals surface area contributed by atoms with Gasteiger partial charge in [0.25, 0.3) is 0 Å². The minimum absolute atomic E-state index is 0. The first-order valence-corrected chi connectivity index (χ1v) is 3.15. The van der Waals surface area contributed by atoms with Crippen LogP contribution in [0, 0.1) is 0 Å². The second-order valence-electron chi connectivity index (χ2n) is 2.22. The molecule has 11 heavy (non-hydrogen) atoms. The van der Waals surface area contributed by atoms with Gasteiger partial charge in [0.15, 0.2) is 0 Å². The molecule has 0 amide bonds.